The van der Waals surface area contributed by atoms with Crippen molar-refractivity contribution in [1.82, 2.24) is 9.80 Å². The van der Waals surface area contributed by atoms with E-state index in [-0.39, 0.29) is 48.1 Å². The molecule has 1 amide bonds. The maximum atomic E-state index is 13.8. The Labute approximate surface area is 155 Å². The summed E-state index contributed by atoms with van der Waals surface area (Å²) in [5.41, 5.74) is 5.89. The molecule has 2 fully saturated rings. The van der Waals surface area contributed by atoms with Crippen LogP contribution in [0.4, 0.5) is 13.2 Å². The molecule has 4 N–H and O–H groups in total. The summed E-state index contributed by atoms with van der Waals surface area (Å²) in [5, 5.41) is 16.0. The molecule has 1 aromatic carbocycles. The second kappa shape index (κ2) is 7.30. The number of carbonyl (C=O) groups excluding carboxylic acids is 1. The zero-order chi connectivity index (χ0) is 19.9. The number of nitrogens with one attached hydrogen (secondary N) is 2. The van der Waals surface area contributed by atoms with E-state index >= 15 is 0 Å². The van der Waals surface area contributed by atoms with Crippen LogP contribution >= 0.6 is 0 Å². The van der Waals surface area contributed by atoms with Gasteiger partial charge in [-0.3, -0.25) is 15.6 Å². The smallest absolute Gasteiger partial charge is 0.225 e. The molecule has 1 aromatic rings. The number of fused-ring (bicyclic) bond motifs is 2. The molecule has 2 heterocycles. The molecule has 0 aromatic heterocycles. The van der Waals surface area contributed by atoms with Crippen LogP contribution in [0.5, 0.6) is 0 Å². The minimum absolute atomic E-state index is 0.0748. The van der Waals surface area contributed by atoms with Gasteiger partial charge in [0.05, 0.1) is 17.9 Å². The van der Waals surface area contributed by atoms with Gasteiger partial charge in [0.25, 0.3) is 0 Å². The summed E-state index contributed by atoms with van der Waals surface area (Å²) in [6.45, 7) is 2.02. The van der Waals surface area contributed by atoms with Gasteiger partial charge in [-0.05, 0) is 37.8 Å². The fraction of sp³-hybridized carbons (Fsp3) is 0.500. The lowest BCUT2D eigenvalue weighted by atomic mass is 10.0. The first-order chi connectivity index (χ1) is 12.7. The molecule has 146 valence electrons. The molecule has 0 spiro atoms. The molecule has 0 radical (unpaired) electrons. The third-order valence-electron chi connectivity index (χ3n) is 5.20. The quantitative estimate of drug-likeness (QED) is 0.423. The Hall–Kier alpha value is -2.42. The van der Waals surface area contributed by atoms with Crippen LogP contribution in [0.2, 0.25) is 0 Å². The third kappa shape index (κ3) is 3.69. The van der Waals surface area contributed by atoms with Crippen LogP contribution in [0.1, 0.15) is 31.7 Å². The van der Waals surface area contributed by atoms with Crippen LogP contribution in [0, 0.1) is 28.3 Å². The monoisotopic (exact) mass is 381 g/mol. The van der Waals surface area contributed by atoms with Crippen molar-refractivity contribution >= 4 is 17.6 Å². The molecule has 9 heteroatoms. The molecular formula is C18H22F3N5O. The number of nitrogens with zero attached hydrogens (tertiary/aromatic N) is 2. The minimum atomic E-state index is -1.27. The van der Waals surface area contributed by atoms with Crippen molar-refractivity contribution in [1.29, 1.82) is 10.8 Å². The van der Waals surface area contributed by atoms with Crippen LogP contribution in [0.25, 0.3) is 0 Å². The second-order valence-corrected chi connectivity index (χ2v) is 7.16. The number of rotatable bonds is 4. The van der Waals surface area contributed by atoms with E-state index in [4.69, 9.17) is 16.6 Å². The van der Waals surface area contributed by atoms with E-state index < -0.39 is 23.5 Å². The van der Waals surface area contributed by atoms with Crippen molar-refractivity contribution in [2.45, 2.75) is 50.7 Å². The maximum absolute atomic E-state index is 13.8. The number of halogens is 3. The van der Waals surface area contributed by atoms with Crippen molar-refractivity contribution in [3.8, 4) is 0 Å². The summed E-state index contributed by atoms with van der Waals surface area (Å²) in [6, 6.07) is 0.000434. The number of carbonyl (C=O) groups is 1. The molecular weight excluding hydrogens is 359 g/mol. The number of hydrogen-bond donors (Lipinski definition) is 3. The average molecular weight is 381 g/mol. The zero-order valence-electron chi connectivity index (χ0n) is 14.9. The molecule has 2 aliphatic heterocycles. The SMILES string of the molecule is CC(=N)N1CC2CCC(C1=N)N2C(=O)CC(N)Cc1cc(F)c(F)cc1F. The largest absolute Gasteiger partial charge is 0.328 e. The molecule has 27 heavy (non-hydrogen) atoms. The van der Waals surface area contributed by atoms with Gasteiger partial charge in [0.2, 0.25) is 5.91 Å². The first-order valence-electron chi connectivity index (χ1n) is 8.80. The lowest BCUT2D eigenvalue weighted by Gasteiger charge is -2.42. The fourth-order valence-corrected chi connectivity index (χ4v) is 3.92. The Morgan fingerprint density at radius 3 is 2.59 bits per heavy atom. The van der Waals surface area contributed by atoms with Gasteiger partial charge in [0.15, 0.2) is 11.6 Å². The predicted octanol–water partition coefficient (Wildman–Crippen LogP) is 2.01. The molecule has 2 bridgehead atoms. The summed E-state index contributed by atoms with van der Waals surface area (Å²) in [4.78, 5) is 16.0. The van der Waals surface area contributed by atoms with Gasteiger partial charge in [-0.15, -0.1) is 0 Å². The number of amides is 1. The molecule has 6 nitrogen and oxygen atoms in total. The number of benzene rings is 1. The fourth-order valence-electron chi connectivity index (χ4n) is 3.92. The van der Waals surface area contributed by atoms with Crippen molar-refractivity contribution < 1.29 is 18.0 Å². The van der Waals surface area contributed by atoms with E-state index in [2.05, 4.69) is 0 Å². The second-order valence-electron chi connectivity index (χ2n) is 7.16. The summed E-state index contributed by atoms with van der Waals surface area (Å²) >= 11 is 0. The number of likely N-dealkylation sites (tertiary alicyclic amines) is 1. The highest BCUT2D eigenvalue weighted by molar-refractivity contribution is 6.02. The summed E-state index contributed by atoms with van der Waals surface area (Å²) in [7, 11) is 0. The number of amidine groups is 2. The average Bonchev–Trinajstić information content (AvgIpc) is 2.92. The van der Waals surface area contributed by atoms with Crippen molar-refractivity contribution in [3.63, 3.8) is 0 Å². The zero-order valence-corrected chi connectivity index (χ0v) is 14.9. The Balaban J connectivity index is 1.67. The summed E-state index contributed by atoms with van der Waals surface area (Å²) in [6.07, 6.45) is 1.23. The predicted molar refractivity (Wildman–Crippen MR) is 94.1 cm³/mol. The normalized spacial score (nSPS) is 22.9. The molecule has 0 saturated carbocycles. The van der Waals surface area contributed by atoms with Gasteiger partial charge >= 0.3 is 0 Å². The summed E-state index contributed by atoms with van der Waals surface area (Å²) < 4.78 is 40.1. The topological polar surface area (TPSA) is 97.3 Å². The number of piperazine rings is 1. The molecule has 0 aliphatic carbocycles. The highest BCUT2D eigenvalue weighted by Gasteiger charge is 2.46. The maximum Gasteiger partial charge on any atom is 0.225 e. The molecule has 2 saturated heterocycles. The van der Waals surface area contributed by atoms with E-state index in [0.29, 0.717) is 19.0 Å². The summed E-state index contributed by atoms with van der Waals surface area (Å²) in [5.74, 6) is -3.07. The van der Waals surface area contributed by atoms with E-state index in [9.17, 15) is 18.0 Å². The first kappa shape index (κ1) is 19.3. The van der Waals surface area contributed by atoms with Gasteiger partial charge < -0.3 is 15.5 Å². The van der Waals surface area contributed by atoms with Gasteiger partial charge in [-0.25, -0.2) is 13.2 Å². The Morgan fingerprint density at radius 1 is 1.26 bits per heavy atom. The third-order valence-corrected chi connectivity index (χ3v) is 5.20. The molecule has 2 aliphatic rings. The Bertz CT molecular complexity index is 799. The van der Waals surface area contributed by atoms with Crippen LogP contribution in [-0.2, 0) is 11.2 Å². The Kier molecular flexibility index (Phi) is 5.23. The number of hydrogen-bond acceptors (Lipinski definition) is 4. The van der Waals surface area contributed by atoms with Crippen LogP contribution in [0.3, 0.4) is 0 Å². The van der Waals surface area contributed by atoms with Crippen molar-refractivity contribution in [2.24, 2.45) is 5.73 Å². The molecule has 3 atom stereocenters. The van der Waals surface area contributed by atoms with Crippen LogP contribution in [-0.4, -0.2) is 52.0 Å². The van der Waals surface area contributed by atoms with Gasteiger partial charge in [-0.1, -0.05) is 0 Å². The van der Waals surface area contributed by atoms with Crippen LogP contribution < -0.4 is 5.73 Å². The lowest BCUT2D eigenvalue weighted by molar-refractivity contribution is -0.134. The molecule has 3 rings (SSSR count). The van der Waals surface area contributed by atoms with E-state index in [0.717, 1.165) is 12.5 Å². The Morgan fingerprint density at radius 2 is 1.93 bits per heavy atom. The van der Waals surface area contributed by atoms with Crippen molar-refractivity contribution in [3.05, 3.63) is 35.1 Å². The van der Waals surface area contributed by atoms with Crippen LogP contribution in [0.15, 0.2) is 12.1 Å². The van der Waals surface area contributed by atoms with Gasteiger partial charge in [-0.2, -0.15) is 0 Å². The highest BCUT2D eigenvalue weighted by atomic mass is 19.2. The van der Waals surface area contributed by atoms with E-state index in [1.165, 1.54) is 0 Å². The number of nitrogens with two attached hydrogens (primary N) is 1. The standard InChI is InChI=1S/C18H22F3N5O/c1-9(22)25-8-12-2-3-16(18(25)24)26(12)17(27)6-11(23)4-10-5-14(20)15(21)7-13(10)19/h5,7,11-12,16,22,24H,2-4,6,8,23H2,1H3. The highest BCUT2D eigenvalue weighted by Crippen LogP contribution is 2.32. The van der Waals surface area contributed by atoms with Gasteiger partial charge in [0, 0.05) is 25.1 Å². The van der Waals surface area contributed by atoms with Gasteiger partial charge in [0.1, 0.15) is 11.7 Å². The van der Waals surface area contributed by atoms with E-state index in [1.807, 2.05) is 0 Å². The molecule has 3 unspecified atom stereocenters. The lowest BCUT2D eigenvalue weighted by Crippen LogP contribution is -2.60. The van der Waals surface area contributed by atoms with Crippen molar-refractivity contribution in [2.75, 3.05) is 6.54 Å². The minimum Gasteiger partial charge on any atom is -0.328 e. The first-order valence-corrected chi connectivity index (χ1v) is 8.80. The van der Waals surface area contributed by atoms with E-state index in [1.54, 1.807) is 16.7 Å².